The van der Waals surface area contributed by atoms with Crippen molar-refractivity contribution < 1.29 is 4.79 Å². The van der Waals surface area contributed by atoms with Crippen LogP contribution in [0.25, 0.3) is 5.52 Å². The van der Waals surface area contributed by atoms with E-state index in [1.54, 1.807) is 19.3 Å². The molecule has 2 heterocycles. The molecule has 0 aliphatic carbocycles. The Bertz CT molecular complexity index is 487. The van der Waals surface area contributed by atoms with Crippen molar-refractivity contribution in [2.45, 2.75) is 13.3 Å². The van der Waals surface area contributed by atoms with Crippen LogP contribution in [0.5, 0.6) is 0 Å². The lowest BCUT2D eigenvalue weighted by atomic mass is 10.3. The molecule has 4 nitrogen and oxygen atoms in total. The minimum absolute atomic E-state index is 0.0972. The third-order valence-electron chi connectivity index (χ3n) is 2.03. The topological polar surface area (TPSA) is 60.4 Å². The van der Waals surface area contributed by atoms with Gasteiger partial charge in [-0.15, -0.1) is 0 Å². The highest BCUT2D eigenvalue weighted by Crippen LogP contribution is 2.10. The number of imidazole rings is 1. The van der Waals surface area contributed by atoms with Gasteiger partial charge >= 0.3 is 0 Å². The Morgan fingerprint density at radius 3 is 3.07 bits per heavy atom. The molecule has 0 aliphatic heterocycles. The molecule has 2 N–H and O–H groups in total. The molecule has 0 fully saturated rings. The average molecular weight is 189 g/mol. The summed E-state index contributed by atoms with van der Waals surface area (Å²) in [6.45, 7) is 1.55. The summed E-state index contributed by atoms with van der Waals surface area (Å²) in [7, 11) is 0. The van der Waals surface area contributed by atoms with Gasteiger partial charge in [-0.1, -0.05) is 0 Å². The quantitative estimate of drug-likeness (QED) is 0.768. The first-order valence-corrected chi connectivity index (χ1v) is 4.38. The largest absolute Gasteiger partial charge is 0.398 e. The lowest BCUT2D eigenvalue weighted by Crippen LogP contribution is -2.02. The van der Waals surface area contributed by atoms with Crippen LogP contribution in [0.1, 0.15) is 12.7 Å². The number of carbonyl (C=O) groups is 1. The number of hydrogen-bond donors (Lipinski definition) is 1. The van der Waals surface area contributed by atoms with Crippen molar-refractivity contribution in [2.75, 3.05) is 5.73 Å². The fraction of sp³-hybridized carbons (Fsp3) is 0.200. The number of fused-ring (bicyclic) bond motifs is 1. The molecule has 0 amide bonds. The van der Waals surface area contributed by atoms with Crippen LogP contribution in [0.4, 0.5) is 5.69 Å². The van der Waals surface area contributed by atoms with Crippen LogP contribution in [0.3, 0.4) is 0 Å². The van der Waals surface area contributed by atoms with E-state index in [1.165, 1.54) is 0 Å². The number of aromatic nitrogens is 2. The molecule has 0 atom stereocenters. The Morgan fingerprint density at radius 1 is 1.57 bits per heavy atom. The Labute approximate surface area is 81.4 Å². The van der Waals surface area contributed by atoms with Crippen molar-refractivity contribution in [3.8, 4) is 0 Å². The number of Topliss-reactive ketones (excluding diaryl/α,β-unsaturated/α-hetero) is 1. The molecule has 0 spiro atoms. The van der Waals surface area contributed by atoms with Gasteiger partial charge in [0, 0.05) is 11.9 Å². The number of hydrogen-bond acceptors (Lipinski definition) is 3. The Balaban J connectivity index is 2.55. The first kappa shape index (κ1) is 8.74. The molecule has 2 aromatic heterocycles. The molecule has 0 aliphatic rings. The van der Waals surface area contributed by atoms with Crippen LogP contribution < -0.4 is 5.73 Å². The lowest BCUT2D eigenvalue weighted by Gasteiger charge is -1.99. The maximum Gasteiger partial charge on any atom is 0.137 e. The minimum atomic E-state index is 0.0972. The smallest absolute Gasteiger partial charge is 0.137 e. The lowest BCUT2D eigenvalue weighted by molar-refractivity contribution is -0.116. The highest BCUT2D eigenvalue weighted by molar-refractivity contribution is 5.77. The van der Waals surface area contributed by atoms with Crippen LogP contribution in [-0.2, 0) is 11.2 Å². The third-order valence-corrected chi connectivity index (χ3v) is 2.03. The van der Waals surface area contributed by atoms with Gasteiger partial charge in [0.15, 0.2) is 0 Å². The molecule has 72 valence electrons. The summed E-state index contributed by atoms with van der Waals surface area (Å²) in [5.41, 5.74) is 7.27. The number of carbonyl (C=O) groups excluding carboxylic acids is 1. The highest BCUT2D eigenvalue weighted by atomic mass is 16.1. The number of pyridine rings is 1. The van der Waals surface area contributed by atoms with Gasteiger partial charge in [0.25, 0.3) is 0 Å². The number of ketones is 1. The second-order valence-corrected chi connectivity index (χ2v) is 3.31. The first-order chi connectivity index (χ1) is 6.66. The predicted octanol–water partition coefficient (Wildman–Crippen LogP) is 1.05. The van der Waals surface area contributed by atoms with Crippen molar-refractivity contribution in [3.63, 3.8) is 0 Å². The van der Waals surface area contributed by atoms with Crippen LogP contribution in [0.15, 0.2) is 24.5 Å². The van der Waals surface area contributed by atoms with Gasteiger partial charge in [0.05, 0.1) is 18.1 Å². The predicted molar refractivity (Wildman–Crippen MR) is 54.0 cm³/mol. The average Bonchev–Trinajstić information content (AvgIpc) is 2.47. The summed E-state index contributed by atoms with van der Waals surface area (Å²) in [4.78, 5) is 15.1. The zero-order chi connectivity index (χ0) is 10.1. The van der Waals surface area contributed by atoms with Crippen LogP contribution >= 0.6 is 0 Å². The van der Waals surface area contributed by atoms with Gasteiger partial charge in [-0.3, -0.25) is 4.79 Å². The number of anilines is 1. The van der Waals surface area contributed by atoms with E-state index >= 15 is 0 Å². The summed E-state index contributed by atoms with van der Waals surface area (Å²) in [5.74, 6) is 0.833. The zero-order valence-corrected chi connectivity index (χ0v) is 7.90. The zero-order valence-electron chi connectivity index (χ0n) is 7.90. The van der Waals surface area contributed by atoms with E-state index in [0.29, 0.717) is 12.1 Å². The highest BCUT2D eigenvalue weighted by Gasteiger charge is 2.05. The molecular weight excluding hydrogens is 178 g/mol. The molecule has 4 heteroatoms. The normalized spacial score (nSPS) is 10.6. The van der Waals surface area contributed by atoms with Gasteiger partial charge < -0.3 is 10.1 Å². The maximum atomic E-state index is 11.0. The van der Waals surface area contributed by atoms with E-state index in [2.05, 4.69) is 4.98 Å². The van der Waals surface area contributed by atoms with Gasteiger partial charge in [-0.25, -0.2) is 4.98 Å². The van der Waals surface area contributed by atoms with Crippen molar-refractivity contribution in [3.05, 3.63) is 30.4 Å². The molecule has 0 bridgehead atoms. The number of nitrogens with two attached hydrogens (primary N) is 1. The van der Waals surface area contributed by atoms with Crippen molar-refractivity contribution >= 4 is 17.0 Å². The van der Waals surface area contributed by atoms with Gasteiger partial charge in [-0.2, -0.15) is 0 Å². The third kappa shape index (κ3) is 1.46. The Kier molecular flexibility index (Phi) is 1.96. The molecule has 0 aromatic carbocycles. The summed E-state index contributed by atoms with van der Waals surface area (Å²) in [6.07, 6.45) is 3.86. The van der Waals surface area contributed by atoms with Crippen molar-refractivity contribution in [1.82, 2.24) is 9.38 Å². The number of rotatable bonds is 2. The van der Waals surface area contributed by atoms with Crippen LogP contribution in [0.2, 0.25) is 0 Å². The summed E-state index contributed by atoms with van der Waals surface area (Å²) in [6, 6.07) is 3.69. The second kappa shape index (κ2) is 3.14. The van der Waals surface area contributed by atoms with E-state index < -0.39 is 0 Å². The second-order valence-electron chi connectivity index (χ2n) is 3.31. The van der Waals surface area contributed by atoms with Crippen LogP contribution in [0, 0.1) is 0 Å². The molecule has 0 saturated heterocycles. The standard InChI is InChI=1S/C10H11N3O/c1-7(14)4-10-12-5-9-3-2-8(11)6-13(9)10/h2-3,5-6H,4,11H2,1H3. The van der Waals surface area contributed by atoms with E-state index in [9.17, 15) is 4.79 Å². The van der Waals surface area contributed by atoms with Gasteiger partial charge in [0.2, 0.25) is 0 Å². The summed E-state index contributed by atoms with van der Waals surface area (Å²) < 4.78 is 1.84. The number of nitrogens with zero attached hydrogens (tertiary/aromatic N) is 2. The van der Waals surface area contributed by atoms with Gasteiger partial charge in [-0.05, 0) is 19.1 Å². The molecule has 0 unspecified atom stereocenters. The molecule has 2 aromatic rings. The summed E-state index contributed by atoms with van der Waals surface area (Å²) >= 11 is 0. The fourth-order valence-electron chi connectivity index (χ4n) is 1.41. The van der Waals surface area contributed by atoms with E-state index in [0.717, 1.165) is 11.3 Å². The van der Waals surface area contributed by atoms with Crippen molar-refractivity contribution in [2.24, 2.45) is 0 Å². The molecule has 0 radical (unpaired) electrons. The van der Waals surface area contributed by atoms with E-state index in [-0.39, 0.29) is 5.78 Å². The SMILES string of the molecule is CC(=O)Cc1ncc2ccc(N)cn12. The van der Waals surface area contributed by atoms with E-state index in [1.807, 2.05) is 16.5 Å². The maximum absolute atomic E-state index is 11.0. The Morgan fingerprint density at radius 2 is 2.36 bits per heavy atom. The Hall–Kier alpha value is -1.84. The monoisotopic (exact) mass is 189 g/mol. The fourth-order valence-corrected chi connectivity index (χ4v) is 1.41. The molecular formula is C10H11N3O. The molecule has 2 rings (SSSR count). The van der Waals surface area contributed by atoms with E-state index in [4.69, 9.17) is 5.73 Å². The first-order valence-electron chi connectivity index (χ1n) is 4.38. The number of nitrogen functional groups attached to an aromatic ring is 1. The molecule has 0 saturated carbocycles. The molecule has 14 heavy (non-hydrogen) atoms. The van der Waals surface area contributed by atoms with Crippen molar-refractivity contribution in [1.29, 1.82) is 0 Å². The van der Waals surface area contributed by atoms with Crippen LogP contribution in [-0.4, -0.2) is 15.2 Å². The minimum Gasteiger partial charge on any atom is -0.398 e. The summed E-state index contributed by atoms with van der Waals surface area (Å²) in [5, 5.41) is 0. The van der Waals surface area contributed by atoms with Gasteiger partial charge in [0.1, 0.15) is 11.6 Å².